The first-order valence-corrected chi connectivity index (χ1v) is 9.60. The van der Waals surface area contributed by atoms with Gasteiger partial charge in [0.1, 0.15) is 23.0 Å². The fourth-order valence-corrected chi connectivity index (χ4v) is 3.17. The van der Waals surface area contributed by atoms with Crippen LogP contribution in [-0.2, 0) is 9.53 Å². The molecule has 158 valence electrons. The summed E-state index contributed by atoms with van der Waals surface area (Å²) in [4.78, 5) is 24.8. The van der Waals surface area contributed by atoms with E-state index in [0.717, 1.165) is 6.42 Å². The van der Waals surface area contributed by atoms with Gasteiger partial charge < -0.3 is 23.9 Å². The van der Waals surface area contributed by atoms with Crippen LogP contribution in [0, 0.1) is 18.3 Å². The Labute approximate surface area is 177 Å². The summed E-state index contributed by atoms with van der Waals surface area (Å²) in [5.41, 5.74) is 0.522. The highest BCUT2D eigenvalue weighted by Crippen LogP contribution is 2.32. The van der Waals surface area contributed by atoms with Crippen molar-refractivity contribution in [1.82, 2.24) is 4.57 Å². The van der Waals surface area contributed by atoms with Crippen molar-refractivity contribution in [2.24, 2.45) is 0 Å². The molecule has 2 aromatic heterocycles. The number of aromatic nitrogens is 1. The number of benzene rings is 1. The molecule has 1 aliphatic heterocycles. The molecule has 1 amide bonds. The van der Waals surface area contributed by atoms with E-state index in [0.29, 0.717) is 30.4 Å². The SMILES string of the molecule is Cc1oc(-n2cccc2)c(C#N)c1C(=O)OCC(=O)Nc1ccc2c(c1)OCCCO2. The third kappa shape index (κ3) is 4.23. The summed E-state index contributed by atoms with van der Waals surface area (Å²) in [6.07, 6.45) is 4.16. The Morgan fingerprint density at radius 3 is 2.68 bits per heavy atom. The topological polar surface area (TPSA) is 116 Å². The summed E-state index contributed by atoms with van der Waals surface area (Å²) in [7, 11) is 0. The second kappa shape index (κ2) is 8.67. The lowest BCUT2D eigenvalue weighted by molar-refractivity contribution is -0.119. The van der Waals surface area contributed by atoms with Crippen molar-refractivity contribution in [3.63, 3.8) is 0 Å². The number of hydrogen-bond acceptors (Lipinski definition) is 7. The van der Waals surface area contributed by atoms with Gasteiger partial charge in [-0.1, -0.05) is 0 Å². The Morgan fingerprint density at radius 2 is 1.94 bits per heavy atom. The molecule has 0 saturated carbocycles. The summed E-state index contributed by atoms with van der Waals surface area (Å²) in [6.45, 7) is 2.13. The molecule has 0 radical (unpaired) electrons. The number of anilines is 1. The van der Waals surface area contributed by atoms with E-state index >= 15 is 0 Å². The van der Waals surface area contributed by atoms with Crippen LogP contribution >= 0.6 is 0 Å². The predicted octanol–water partition coefficient (Wildman–Crippen LogP) is 3.21. The molecular formula is C22H19N3O6. The van der Waals surface area contributed by atoms with Gasteiger partial charge in [0.2, 0.25) is 5.88 Å². The highest BCUT2D eigenvalue weighted by Gasteiger charge is 2.26. The molecule has 3 aromatic rings. The van der Waals surface area contributed by atoms with Gasteiger partial charge in [-0.3, -0.25) is 9.36 Å². The third-order valence-electron chi connectivity index (χ3n) is 4.59. The van der Waals surface area contributed by atoms with Crippen LogP contribution in [-0.4, -0.2) is 36.3 Å². The van der Waals surface area contributed by atoms with Crippen molar-refractivity contribution in [1.29, 1.82) is 5.26 Å². The van der Waals surface area contributed by atoms with Crippen LogP contribution in [0.1, 0.15) is 28.1 Å². The molecule has 0 saturated heterocycles. The molecule has 0 atom stereocenters. The zero-order valence-electron chi connectivity index (χ0n) is 16.7. The molecule has 0 spiro atoms. The number of nitrogens with one attached hydrogen (secondary N) is 1. The number of hydrogen-bond donors (Lipinski definition) is 1. The van der Waals surface area contributed by atoms with E-state index < -0.39 is 18.5 Å². The average molecular weight is 421 g/mol. The molecule has 0 unspecified atom stereocenters. The van der Waals surface area contributed by atoms with E-state index in [1.54, 1.807) is 54.2 Å². The van der Waals surface area contributed by atoms with Crippen LogP contribution < -0.4 is 14.8 Å². The number of amides is 1. The van der Waals surface area contributed by atoms with Crippen LogP contribution in [0.25, 0.3) is 5.88 Å². The fraction of sp³-hybridized carbons (Fsp3) is 0.227. The number of furan rings is 1. The van der Waals surface area contributed by atoms with Crippen molar-refractivity contribution < 1.29 is 28.2 Å². The van der Waals surface area contributed by atoms with Gasteiger partial charge in [-0.05, 0) is 31.2 Å². The molecule has 3 heterocycles. The summed E-state index contributed by atoms with van der Waals surface area (Å²) in [5, 5.41) is 12.2. The Morgan fingerprint density at radius 1 is 1.19 bits per heavy atom. The Kier molecular flexibility index (Phi) is 5.62. The first kappa shape index (κ1) is 20.1. The van der Waals surface area contributed by atoms with E-state index in [1.165, 1.54) is 0 Å². The lowest BCUT2D eigenvalue weighted by Gasteiger charge is -2.10. The quantitative estimate of drug-likeness (QED) is 0.629. The van der Waals surface area contributed by atoms with Crippen LogP contribution in [0.2, 0.25) is 0 Å². The van der Waals surface area contributed by atoms with Crippen LogP contribution in [0.3, 0.4) is 0 Å². The Bertz CT molecular complexity index is 1160. The maximum atomic E-state index is 12.6. The molecule has 9 nitrogen and oxygen atoms in total. The molecule has 0 fully saturated rings. The van der Waals surface area contributed by atoms with E-state index in [4.69, 9.17) is 18.6 Å². The van der Waals surface area contributed by atoms with Crippen molar-refractivity contribution in [2.75, 3.05) is 25.1 Å². The third-order valence-corrected chi connectivity index (χ3v) is 4.59. The first-order chi connectivity index (χ1) is 15.1. The minimum atomic E-state index is -0.815. The highest BCUT2D eigenvalue weighted by molar-refractivity contribution is 5.98. The molecule has 0 aliphatic carbocycles. The molecule has 1 aromatic carbocycles. The predicted molar refractivity (Wildman–Crippen MR) is 108 cm³/mol. The zero-order valence-corrected chi connectivity index (χ0v) is 16.7. The van der Waals surface area contributed by atoms with Crippen LogP contribution in [0.15, 0.2) is 47.1 Å². The number of carbonyl (C=O) groups excluding carboxylic acids is 2. The minimum absolute atomic E-state index is 0.00502. The number of aryl methyl sites for hydroxylation is 1. The second-order valence-electron chi connectivity index (χ2n) is 6.75. The standard InChI is InChI=1S/C22H19N3O6/c1-14-20(16(12-23)21(31-14)25-7-2-3-8-25)22(27)30-13-19(26)24-15-5-6-17-18(11-15)29-10-4-9-28-17/h2-3,5-8,11H,4,9-10,13H2,1H3,(H,24,26). The molecule has 4 rings (SSSR count). The van der Waals surface area contributed by atoms with Crippen molar-refractivity contribution in [2.45, 2.75) is 13.3 Å². The zero-order chi connectivity index (χ0) is 21.8. The van der Waals surface area contributed by atoms with Crippen molar-refractivity contribution in [3.05, 3.63) is 59.6 Å². The molecule has 9 heteroatoms. The summed E-state index contributed by atoms with van der Waals surface area (Å²) in [6, 6.07) is 10.5. The summed E-state index contributed by atoms with van der Waals surface area (Å²) in [5.74, 6) is 0.248. The smallest absolute Gasteiger partial charge is 0.343 e. The average Bonchev–Trinajstić information content (AvgIpc) is 3.33. The molecule has 1 N–H and O–H groups in total. The molecule has 31 heavy (non-hydrogen) atoms. The van der Waals surface area contributed by atoms with Gasteiger partial charge in [0.05, 0.1) is 13.2 Å². The molecular weight excluding hydrogens is 402 g/mol. The Hall–Kier alpha value is -4.19. The number of fused-ring (bicyclic) bond motifs is 1. The van der Waals surface area contributed by atoms with Crippen molar-refractivity contribution >= 4 is 17.6 Å². The maximum absolute atomic E-state index is 12.6. The largest absolute Gasteiger partial charge is 0.490 e. The maximum Gasteiger partial charge on any atom is 0.343 e. The normalized spacial score (nSPS) is 12.5. The van der Waals surface area contributed by atoms with Gasteiger partial charge in [0.15, 0.2) is 18.1 Å². The van der Waals surface area contributed by atoms with Gasteiger partial charge >= 0.3 is 5.97 Å². The van der Waals surface area contributed by atoms with Gasteiger partial charge in [0, 0.05) is 30.6 Å². The summed E-state index contributed by atoms with van der Waals surface area (Å²) >= 11 is 0. The van der Waals surface area contributed by atoms with Gasteiger partial charge in [-0.2, -0.15) is 5.26 Å². The van der Waals surface area contributed by atoms with Gasteiger partial charge in [-0.25, -0.2) is 4.79 Å². The number of ether oxygens (including phenoxy) is 3. The number of carbonyl (C=O) groups is 2. The van der Waals surface area contributed by atoms with E-state index in [1.807, 2.05) is 6.07 Å². The number of nitriles is 1. The Balaban J connectivity index is 1.42. The van der Waals surface area contributed by atoms with Gasteiger partial charge in [0.25, 0.3) is 5.91 Å². The number of nitrogens with zero attached hydrogens (tertiary/aromatic N) is 2. The first-order valence-electron chi connectivity index (χ1n) is 9.60. The lowest BCUT2D eigenvalue weighted by Crippen LogP contribution is -2.21. The van der Waals surface area contributed by atoms with Crippen LogP contribution in [0.4, 0.5) is 5.69 Å². The number of esters is 1. The molecule has 1 aliphatic rings. The van der Waals surface area contributed by atoms with Gasteiger partial charge in [-0.15, -0.1) is 0 Å². The van der Waals surface area contributed by atoms with Crippen molar-refractivity contribution in [3.8, 4) is 23.5 Å². The molecule has 0 bridgehead atoms. The minimum Gasteiger partial charge on any atom is -0.490 e. The van der Waals surface area contributed by atoms with E-state index in [9.17, 15) is 14.9 Å². The van der Waals surface area contributed by atoms with E-state index in [-0.39, 0.29) is 22.8 Å². The highest BCUT2D eigenvalue weighted by atomic mass is 16.5. The van der Waals surface area contributed by atoms with E-state index in [2.05, 4.69) is 5.32 Å². The second-order valence-corrected chi connectivity index (χ2v) is 6.75. The fourth-order valence-electron chi connectivity index (χ4n) is 3.17. The number of rotatable bonds is 5. The summed E-state index contributed by atoms with van der Waals surface area (Å²) < 4.78 is 23.4. The van der Waals surface area contributed by atoms with Crippen LogP contribution in [0.5, 0.6) is 11.5 Å². The lowest BCUT2D eigenvalue weighted by atomic mass is 10.1. The monoisotopic (exact) mass is 421 g/mol.